The number of nitrogens with one attached hydrogen (secondary N) is 2. The van der Waals surface area contributed by atoms with Gasteiger partial charge in [0, 0.05) is 17.5 Å². The number of anilines is 4. The fraction of sp³-hybridized carbons (Fsp3) is 0. The molecule has 1 aliphatic rings. The predicted molar refractivity (Wildman–Crippen MR) is 107 cm³/mol. The minimum atomic E-state index is -0.344. The lowest BCUT2D eigenvalue weighted by molar-refractivity contribution is -0.115. The lowest BCUT2D eigenvalue weighted by Gasteiger charge is -2.24. The first kappa shape index (κ1) is 16.6. The number of hydrogen-bond acceptors (Lipinski definition) is 3. The Balaban J connectivity index is 1.70. The van der Waals surface area contributed by atoms with Gasteiger partial charge in [0.1, 0.15) is 5.70 Å². The van der Waals surface area contributed by atoms with Crippen LogP contribution >= 0.6 is 0 Å². The molecule has 0 atom stereocenters. The van der Waals surface area contributed by atoms with Gasteiger partial charge in [-0.25, -0.2) is 0 Å². The Kier molecular flexibility index (Phi) is 4.41. The molecule has 0 aromatic heterocycles. The molecule has 0 saturated carbocycles. The van der Waals surface area contributed by atoms with Gasteiger partial charge in [-0.15, -0.1) is 0 Å². The summed E-state index contributed by atoms with van der Waals surface area (Å²) >= 11 is 0. The molecule has 5 nitrogen and oxygen atoms in total. The highest BCUT2D eigenvalue weighted by molar-refractivity contribution is 6.17. The number of benzene rings is 3. The van der Waals surface area contributed by atoms with Gasteiger partial charge in [-0.2, -0.15) is 0 Å². The van der Waals surface area contributed by atoms with Gasteiger partial charge in [-0.3, -0.25) is 14.5 Å². The normalized spacial score (nSPS) is 14.1. The molecule has 0 bridgehead atoms. The highest BCUT2D eigenvalue weighted by Crippen LogP contribution is 2.29. The van der Waals surface area contributed by atoms with E-state index in [4.69, 9.17) is 0 Å². The topological polar surface area (TPSA) is 61.4 Å². The SMILES string of the molecule is O=C1Nc2ccccc2N/C1=C\C(=O)N(c1ccccc1)c1ccccc1. The number of amides is 2. The zero-order valence-corrected chi connectivity index (χ0v) is 14.4. The maximum Gasteiger partial charge on any atom is 0.272 e. The Labute approximate surface area is 156 Å². The van der Waals surface area contributed by atoms with Crippen LogP contribution in [0.3, 0.4) is 0 Å². The molecule has 3 aromatic carbocycles. The van der Waals surface area contributed by atoms with Crippen molar-refractivity contribution in [2.24, 2.45) is 0 Å². The summed E-state index contributed by atoms with van der Waals surface area (Å²) in [5.74, 6) is -0.660. The minimum Gasteiger partial charge on any atom is -0.349 e. The van der Waals surface area contributed by atoms with Crippen LogP contribution in [-0.4, -0.2) is 11.8 Å². The quantitative estimate of drug-likeness (QED) is 0.689. The molecule has 0 fully saturated rings. The van der Waals surface area contributed by atoms with Crippen molar-refractivity contribution >= 4 is 34.6 Å². The van der Waals surface area contributed by atoms with Crippen LogP contribution in [0, 0.1) is 0 Å². The molecular formula is C22H17N3O2. The van der Waals surface area contributed by atoms with E-state index in [0.29, 0.717) is 5.69 Å². The van der Waals surface area contributed by atoms with Crippen LogP contribution in [0.15, 0.2) is 96.7 Å². The molecule has 2 amide bonds. The van der Waals surface area contributed by atoms with Crippen LogP contribution in [0.25, 0.3) is 0 Å². The molecule has 1 aliphatic heterocycles. The summed E-state index contributed by atoms with van der Waals surface area (Å²) in [7, 11) is 0. The van der Waals surface area contributed by atoms with Gasteiger partial charge in [0.25, 0.3) is 11.8 Å². The summed E-state index contributed by atoms with van der Waals surface area (Å²) in [5, 5.41) is 5.83. The van der Waals surface area contributed by atoms with Gasteiger partial charge in [-0.1, -0.05) is 48.5 Å². The monoisotopic (exact) mass is 355 g/mol. The number of carbonyl (C=O) groups excluding carboxylic acids is 2. The van der Waals surface area contributed by atoms with Crippen molar-refractivity contribution < 1.29 is 9.59 Å². The summed E-state index contributed by atoms with van der Waals surface area (Å²) in [4.78, 5) is 27.0. The smallest absolute Gasteiger partial charge is 0.272 e. The van der Waals surface area contributed by atoms with Crippen LogP contribution in [0.5, 0.6) is 0 Å². The Bertz CT molecular complexity index is 974. The second-order valence-corrected chi connectivity index (χ2v) is 6.03. The summed E-state index contributed by atoms with van der Waals surface area (Å²) < 4.78 is 0. The molecule has 4 rings (SSSR count). The largest absolute Gasteiger partial charge is 0.349 e. The average molecular weight is 355 g/mol. The number of para-hydroxylation sites is 4. The van der Waals surface area contributed by atoms with Crippen molar-refractivity contribution in [3.63, 3.8) is 0 Å². The van der Waals surface area contributed by atoms with Gasteiger partial charge in [0.05, 0.1) is 11.4 Å². The molecule has 2 N–H and O–H groups in total. The van der Waals surface area contributed by atoms with E-state index in [1.165, 1.54) is 6.08 Å². The second-order valence-electron chi connectivity index (χ2n) is 6.03. The van der Waals surface area contributed by atoms with E-state index in [1.54, 1.807) is 11.0 Å². The summed E-state index contributed by atoms with van der Waals surface area (Å²) in [5.41, 5.74) is 3.09. The number of fused-ring (bicyclic) bond motifs is 1. The highest BCUT2D eigenvalue weighted by atomic mass is 16.2. The van der Waals surface area contributed by atoms with Crippen molar-refractivity contribution in [1.82, 2.24) is 0 Å². The standard InChI is InChI=1S/C22H17N3O2/c26-21(15-20-22(27)24-19-14-8-7-13-18(19)23-20)25(16-9-3-1-4-10-16)17-11-5-2-6-12-17/h1-15,23H,(H,24,27)/b20-15-. The van der Waals surface area contributed by atoms with Gasteiger partial charge in [-0.05, 0) is 36.4 Å². The molecule has 132 valence electrons. The average Bonchev–Trinajstić information content (AvgIpc) is 2.70. The first-order chi connectivity index (χ1) is 13.2. The van der Waals surface area contributed by atoms with E-state index in [9.17, 15) is 9.59 Å². The number of carbonyl (C=O) groups is 2. The van der Waals surface area contributed by atoms with Gasteiger partial charge < -0.3 is 10.6 Å². The maximum atomic E-state index is 13.1. The molecule has 5 heteroatoms. The van der Waals surface area contributed by atoms with E-state index in [-0.39, 0.29) is 17.5 Å². The van der Waals surface area contributed by atoms with Crippen LogP contribution in [0.4, 0.5) is 22.7 Å². The molecule has 0 unspecified atom stereocenters. The fourth-order valence-electron chi connectivity index (χ4n) is 2.94. The third kappa shape index (κ3) is 3.43. The Morgan fingerprint density at radius 3 is 1.74 bits per heavy atom. The first-order valence-electron chi connectivity index (χ1n) is 8.56. The zero-order valence-electron chi connectivity index (χ0n) is 14.4. The fourth-order valence-corrected chi connectivity index (χ4v) is 2.94. The molecule has 0 spiro atoms. The molecule has 1 heterocycles. The maximum absolute atomic E-state index is 13.1. The number of rotatable bonds is 3. The molecule has 3 aromatic rings. The Morgan fingerprint density at radius 2 is 1.19 bits per heavy atom. The number of hydrogen-bond donors (Lipinski definition) is 2. The van der Waals surface area contributed by atoms with E-state index in [0.717, 1.165) is 17.1 Å². The third-order valence-corrected chi connectivity index (χ3v) is 4.21. The van der Waals surface area contributed by atoms with Crippen LogP contribution in [-0.2, 0) is 9.59 Å². The Hall–Kier alpha value is -3.86. The van der Waals surface area contributed by atoms with Gasteiger partial charge in [0.2, 0.25) is 0 Å². The van der Waals surface area contributed by atoms with Crippen molar-refractivity contribution in [2.75, 3.05) is 15.5 Å². The first-order valence-corrected chi connectivity index (χ1v) is 8.56. The van der Waals surface area contributed by atoms with E-state index >= 15 is 0 Å². The summed E-state index contributed by atoms with van der Waals surface area (Å²) in [6.45, 7) is 0. The Morgan fingerprint density at radius 1 is 0.704 bits per heavy atom. The third-order valence-electron chi connectivity index (χ3n) is 4.21. The van der Waals surface area contributed by atoms with E-state index < -0.39 is 0 Å². The molecule has 0 radical (unpaired) electrons. The molecular weight excluding hydrogens is 338 g/mol. The van der Waals surface area contributed by atoms with Crippen LogP contribution in [0.1, 0.15) is 0 Å². The second kappa shape index (κ2) is 7.17. The van der Waals surface area contributed by atoms with Gasteiger partial charge >= 0.3 is 0 Å². The van der Waals surface area contributed by atoms with Crippen molar-refractivity contribution in [3.05, 3.63) is 96.7 Å². The van der Waals surface area contributed by atoms with Gasteiger partial charge in [0.15, 0.2) is 0 Å². The lowest BCUT2D eigenvalue weighted by Crippen LogP contribution is -2.30. The van der Waals surface area contributed by atoms with Crippen molar-refractivity contribution in [2.45, 2.75) is 0 Å². The zero-order chi connectivity index (χ0) is 18.6. The van der Waals surface area contributed by atoms with Crippen LogP contribution in [0.2, 0.25) is 0 Å². The minimum absolute atomic E-state index is 0.204. The molecule has 0 aliphatic carbocycles. The van der Waals surface area contributed by atoms with Crippen molar-refractivity contribution in [1.29, 1.82) is 0 Å². The van der Waals surface area contributed by atoms with Crippen molar-refractivity contribution in [3.8, 4) is 0 Å². The van der Waals surface area contributed by atoms with E-state index in [2.05, 4.69) is 10.6 Å². The van der Waals surface area contributed by atoms with E-state index in [1.807, 2.05) is 78.9 Å². The predicted octanol–water partition coefficient (Wildman–Crippen LogP) is 4.30. The molecule has 0 saturated heterocycles. The lowest BCUT2D eigenvalue weighted by atomic mass is 10.1. The number of nitrogens with zero attached hydrogens (tertiary/aromatic N) is 1. The summed E-state index contributed by atoms with van der Waals surface area (Å²) in [6, 6.07) is 26.0. The summed E-state index contributed by atoms with van der Waals surface area (Å²) in [6.07, 6.45) is 1.32. The molecule has 27 heavy (non-hydrogen) atoms. The van der Waals surface area contributed by atoms with Crippen LogP contribution < -0.4 is 15.5 Å². The highest BCUT2D eigenvalue weighted by Gasteiger charge is 2.23.